The first kappa shape index (κ1) is 17.0. The third kappa shape index (κ3) is 4.10. The van der Waals surface area contributed by atoms with E-state index in [4.69, 9.17) is 5.73 Å². The molecule has 122 valence electrons. The summed E-state index contributed by atoms with van der Waals surface area (Å²) < 4.78 is 27.5. The van der Waals surface area contributed by atoms with Crippen LogP contribution in [0.2, 0.25) is 0 Å². The van der Waals surface area contributed by atoms with Gasteiger partial charge in [-0.15, -0.1) is 0 Å². The Morgan fingerprint density at radius 2 is 2.18 bits per heavy atom. The van der Waals surface area contributed by atoms with Crippen LogP contribution in [0.1, 0.15) is 12.8 Å². The quantitative estimate of drug-likeness (QED) is 0.835. The summed E-state index contributed by atoms with van der Waals surface area (Å²) in [6.45, 7) is 0.891. The fraction of sp³-hybridized carbons (Fsp3) is 0.533. The van der Waals surface area contributed by atoms with Crippen molar-refractivity contribution in [3.05, 3.63) is 29.8 Å². The van der Waals surface area contributed by atoms with Crippen LogP contribution in [0.4, 0.5) is 14.5 Å². The number of halogens is 2. The van der Waals surface area contributed by atoms with E-state index < -0.39 is 17.7 Å². The zero-order valence-corrected chi connectivity index (χ0v) is 13.3. The lowest BCUT2D eigenvalue weighted by Crippen LogP contribution is -2.46. The minimum Gasteiger partial charge on any atom is -0.365 e. The predicted octanol–water partition coefficient (Wildman–Crippen LogP) is 1.74. The second kappa shape index (κ2) is 7.78. The molecule has 4 nitrogen and oxygen atoms in total. The van der Waals surface area contributed by atoms with E-state index in [1.165, 1.54) is 18.2 Å². The normalized spacial score (nSPS) is 19.3. The molecular formula is C15H21F2N3OS. The first-order valence-corrected chi connectivity index (χ1v) is 8.66. The van der Waals surface area contributed by atoms with Gasteiger partial charge in [0.1, 0.15) is 17.3 Å². The Labute approximate surface area is 133 Å². The maximum atomic E-state index is 13.8. The molecule has 3 N–H and O–H groups in total. The second-order valence-corrected chi connectivity index (χ2v) is 6.38. The SMILES string of the molecule is CSCC[C@H](N)C(=O)NC1CCN(c2c(F)cccc2F)C1. The van der Waals surface area contributed by atoms with E-state index in [9.17, 15) is 13.6 Å². The van der Waals surface area contributed by atoms with Crippen LogP contribution in [-0.4, -0.2) is 43.1 Å². The van der Waals surface area contributed by atoms with Crippen LogP contribution >= 0.6 is 11.8 Å². The molecule has 0 spiro atoms. The van der Waals surface area contributed by atoms with Crippen LogP contribution < -0.4 is 16.0 Å². The summed E-state index contributed by atoms with van der Waals surface area (Å²) in [5, 5.41) is 2.87. The summed E-state index contributed by atoms with van der Waals surface area (Å²) in [5.74, 6) is -0.534. The molecule has 1 aliphatic rings. The summed E-state index contributed by atoms with van der Waals surface area (Å²) >= 11 is 1.64. The monoisotopic (exact) mass is 329 g/mol. The average Bonchev–Trinajstić information content (AvgIpc) is 2.92. The number of amides is 1. The molecule has 1 aromatic carbocycles. The Hall–Kier alpha value is -1.34. The zero-order chi connectivity index (χ0) is 16.1. The highest BCUT2D eigenvalue weighted by Crippen LogP contribution is 2.26. The summed E-state index contributed by atoms with van der Waals surface area (Å²) in [7, 11) is 0. The minimum absolute atomic E-state index is 0.0223. The fourth-order valence-electron chi connectivity index (χ4n) is 2.56. The van der Waals surface area contributed by atoms with E-state index in [0.717, 1.165) is 5.75 Å². The van der Waals surface area contributed by atoms with Crippen molar-refractivity contribution >= 4 is 23.4 Å². The lowest BCUT2D eigenvalue weighted by atomic mass is 10.2. The van der Waals surface area contributed by atoms with Crippen molar-refractivity contribution < 1.29 is 13.6 Å². The summed E-state index contributed by atoms with van der Waals surface area (Å²) in [4.78, 5) is 13.6. The van der Waals surface area contributed by atoms with Crippen molar-refractivity contribution in [2.45, 2.75) is 24.9 Å². The molecule has 1 heterocycles. The maximum Gasteiger partial charge on any atom is 0.237 e. The van der Waals surface area contributed by atoms with Gasteiger partial charge in [-0.05, 0) is 37.0 Å². The van der Waals surface area contributed by atoms with Crippen molar-refractivity contribution in [2.75, 3.05) is 30.0 Å². The van der Waals surface area contributed by atoms with Gasteiger partial charge in [-0.2, -0.15) is 11.8 Å². The summed E-state index contributed by atoms with van der Waals surface area (Å²) in [5.41, 5.74) is 5.79. The number of hydrogen-bond acceptors (Lipinski definition) is 4. The molecule has 1 amide bonds. The molecule has 2 rings (SSSR count). The fourth-order valence-corrected chi connectivity index (χ4v) is 3.05. The lowest BCUT2D eigenvalue weighted by molar-refractivity contribution is -0.122. The minimum atomic E-state index is -0.580. The standard InChI is InChI=1S/C15H21F2N3OS/c1-22-8-6-13(18)15(21)19-10-5-7-20(9-10)14-11(16)3-2-4-12(14)17/h2-4,10,13H,5-9,18H2,1H3,(H,19,21)/t10?,13-/m0/s1. The van der Waals surface area contributed by atoms with Gasteiger partial charge in [0.15, 0.2) is 0 Å². The van der Waals surface area contributed by atoms with Crippen LogP contribution in [0.3, 0.4) is 0 Å². The molecule has 0 aromatic heterocycles. The van der Waals surface area contributed by atoms with Crippen LogP contribution in [-0.2, 0) is 4.79 Å². The summed E-state index contributed by atoms with van der Waals surface area (Å²) in [6.07, 6.45) is 3.22. The van der Waals surface area contributed by atoms with E-state index in [-0.39, 0.29) is 17.6 Å². The number of nitrogens with one attached hydrogen (secondary N) is 1. The summed E-state index contributed by atoms with van der Waals surface area (Å²) in [6, 6.07) is 3.15. The molecule has 1 saturated heterocycles. The Morgan fingerprint density at radius 1 is 1.50 bits per heavy atom. The van der Waals surface area contributed by atoms with Crippen LogP contribution in [0, 0.1) is 11.6 Å². The second-order valence-electron chi connectivity index (χ2n) is 5.40. The first-order valence-electron chi connectivity index (χ1n) is 7.26. The number of nitrogens with two attached hydrogens (primary N) is 1. The lowest BCUT2D eigenvalue weighted by Gasteiger charge is -2.21. The molecule has 1 fully saturated rings. The molecule has 0 saturated carbocycles. The number of nitrogens with zero attached hydrogens (tertiary/aromatic N) is 1. The molecule has 0 radical (unpaired) electrons. The number of hydrogen-bond donors (Lipinski definition) is 2. The number of carbonyl (C=O) groups excluding carboxylic acids is 1. The Kier molecular flexibility index (Phi) is 6.02. The van der Waals surface area contributed by atoms with E-state index in [1.54, 1.807) is 16.7 Å². The molecular weight excluding hydrogens is 308 g/mol. The molecule has 1 unspecified atom stereocenters. The van der Waals surface area contributed by atoms with Gasteiger partial charge >= 0.3 is 0 Å². The van der Waals surface area contributed by atoms with Crippen molar-refractivity contribution in [2.24, 2.45) is 5.73 Å². The predicted molar refractivity (Wildman–Crippen MR) is 86.1 cm³/mol. The molecule has 2 atom stereocenters. The van der Waals surface area contributed by atoms with Crippen LogP contribution in [0.15, 0.2) is 18.2 Å². The van der Waals surface area contributed by atoms with Gasteiger partial charge in [0.2, 0.25) is 5.91 Å². The van der Waals surface area contributed by atoms with E-state index >= 15 is 0 Å². The number of carbonyl (C=O) groups is 1. The highest BCUT2D eigenvalue weighted by atomic mass is 32.2. The van der Waals surface area contributed by atoms with E-state index in [0.29, 0.717) is 25.9 Å². The van der Waals surface area contributed by atoms with E-state index in [2.05, 4.69) is 5.32 Å². The third-order valence-corrected chi connectivity index (χ3v) is 4.40. The molecule has 1 aromatic rings. The molecule has 0 bridgehead atoms. The molecule has 7 heteroatoms. The zero-order valence-electron chi connectivity index (χ0n) is 12.5. The number of para-hydroxylation sites is 1. The maximum absolute atomic E-state index is 13.8. The van der Waals surface area contributed by atoms with Gasteiger partial charge in [0.25, 0.3) is 0 Å². The van der Waals surface area contributed by atoms with E-state index in [1.807, 2.05) is 6.26 Å². The van der Waals surface area contributed by atoms with Gasteiger partial charge in [-0.25, -0.2) is 8.78 Å². The van der Waals surface area contributed by atoms with Gasteiger partial charge in [-0.3, -0.25) is 4.79 Å². The number of benzene rings is 1. The van der Waals surface area contributed by atoms with Crippen LogP contribution in [0.25, 0.3) is 0 Å². The molecule has 22 heavy (non-hydrogen) atoms. The Bertz CT molecular complexity index is 509. The average molecular weight is 329 g/mol. The van der Waals surface area contributed by atoms with Crippen molar-refractivity contribution in [3.8, 4) is 0 Å². The van der Waals surface area contributed by atoms with Gasteiger partial charge in [0.05, 0.1) is 6.04 Å². The van der Waals surface area contributed by atoms with Crippen molar-refractivity contribution in [3.63, 3.8) is 0 Å². The van der Waals surface area contributed by atoms with Crippen molar-refractivity contribution in [1.82, 2.24) is 5.32 Å². The first-order chi connectivity index (χ1) is 10.5. The number of rotatable bonds is 6. The van der Waals surface area contributed by atoms with Crippen LogP contribution in [0.5, 0.6) is 0 Å². The Morgan fingerprint density at radius 3 is 2.82 bits per heavy atom. The number of anilines is 1. The molecule has 0 aliphatic carbocycles. The molecule has 1 aliphatic heterocycles. The number of thioether (sulfide) groups is 1. The topological polar surface area (TPSA) is 58.4 Å². The van der Waals surface area contributed by atoms with Gasteiger partial charge in [0, 0.05) is 19.1 Å². The highest BCUT2D eigenvalue weighted by molar-refractivity contribution is 7.98. The smallest absolute Gasteiger partial charge is 0.237 e. The highest BCUT2D eigenvalue weighted by Gasteiger charge is 2.28. The largest absolute Gasteiger partial charge is 0.365 e. The van der Waals surface area contributed by atoms with Crippen molar-refractivity contribution in [1.29, 1.82) is 0 Å². The third-order valence-electron chi connectivity index (χ3n) is 3.76. The Balaban J connectivity index is 1.92. The van der Waals surface area contributed by atoms with Gasteiger partial charge < -0.3 is 16.0 Å². The van der Waals surface area contributed by atoms with Gasteiger partial charge in [-0.1, -0.05) is 6.07 Å².